The van der Waals surface area contributed by atoms with E-state index in [9.17, 15) is 39.0 Å². The molecule has 15 heteroatoms. The van der Waals surface area contributed by atoms with Crippen LogP contribution in [-0.4, -0.2) is 102 Å². The number of Topliss-reactive ketones (excluding diaryl/α,β-unsaturated/α-hetero) is 3. The Morgan fingerprint density at radius 1 is 0.885 bits per heavy atom. The Hall–Kier alpha value is -5.12. The minimum Gasteiger partial charge on any atom is -0.462 e. The topological polar surface area (TPSA) is 204 Å². The smallest absolute Gasteiger partial charge is 0.314 e. The second-order valence-corrected chi connectivity index (χ2v) is 17.1. The van der Waals surface area contributed by atoms with Crippen molar-refractivity contribution in [1.29, 1.82) is 0 Å². The zero-order valence-electron chi connectivity index (χ0n) is 37.0. The van der Waals surface area contributed by atoms with Crippen LogP contribution < -0.4 is 14.8 Å². The fourth-order valence-corrected chi connectivity index (χ4v) is 8.74. The van der Waals surface area contributed by atoms with E-state index in [2.05, 4.69) is 5.32 Å². The standard InChI is InChI=1S/C46H60N2O13/c1-22-16-15-17-23(2)44(55)47-34-35(48(9)10)39(53)31-32(38(34)52)41(60-45(56)29-18-13-12-14-19-29)27(6)42-33(31)43(54)46(8,61-42)58-21-20-30(57-11)24(3)40(59-28(7)49)26(5)37(51)25(4)36(22)50/h15-17,20-22,24-26,29-30,36-37,40,50-51H,12-14,18-19H2,1-11H3,(H,47,55). The third-order valence-electron chi connectivity index (χ3n) is 12.5. The van der Waals surface area contributed by atoms with Crippen LogP contribution in [0.4, 0.5) is 0 Å². The fourth-order valence-electron chi connectivity index (χ4n) is 8.74. The number of nitrogens with zero attached hydrogens (tertiary/aromatic N) is 1. The molecule has 5 bridgehead atoms. The summed E-state index contributed by atoms with van der Waals surface area (Å²) >= 11 is 0. The number of allylic oxidation sites excluding steroid dienone is 4. The number of esters is 2. The Morgan fingerprint density at radius 3 is 2.15 bits per heavy atom. The predicted octanol–water partition coefficient (Wildman–Crippen LogP) is 5.30. The Labute approximate surface area is 357 Å². The number of benzene rings is 1. The first-order valence-corrected chi connectivity index (χ1v) is 20.9. The van der Waals surface area contributed by atoms with Crippen molar-refractivity contribution in [3.63, 3.8) is 0 Å². The third kappa shape index (κ3) is 9.24. The molecule has 2 aliphatic carbocycles. The molecule has 6 rings (SSSR count). The van der Waals surface area contributed by atoms with E-state index >= 15 is 0 Å². The van der Waals surface area contributed by atoms with Crippen molar-refractivity contribution in [2.45, 2.75) is 118 Å². The zero-order chi connectivity index (χ0) is 45.2. The number of amides is 1. The lowest BCUT2D eigenvalue weighted by Crippen LogP contribution is -2.46. The number of rotatable bonds is 5. The number of ketones is 3. The summed E-state index contributed by atoms with van der Waals surface area (Å²) in [5, 5.41) is 25.5. The molecule has 0 saturated heterocycles. The Kier molecular flexibility index (Phi) is 14.5. The molecule has 5 aliphatic rings. The minimum atomic E-state index is -2.10. The molecule has 61 heavy (non-hydrogen) atoms. The summed E-state index contributed by atoms with van der Waals surface area (Å²) in [5.74, 6) is -9.87. The van der Waals surface area contributed by atoms with Gasteiger partial charge in [-0.25, -0.2) is 0 Å². The second-order valence-electron chi connectivity index (χ2n) is 17.1. The molecule has 3 N–H and O–H groups in total. The van der Waals surface area contributed by atoms with E-state index in [-0.39, 0.29) is 50.7 Å². The van der Waals surface area contributed by atoms with Crippen molar-refractivity contribution in [2.24, 2.45) is 29.6 Å². The third-order valence-corrected chi connectivity index (χ3v) is 12.5. The highest BCUT2D eigenvalue weighted by atomic mass is 16.7. The molecular weight excluding hydrogens is 789 g/mol. The molecule has 0 spiro atoms. The number of fused-ring (bicyclic) bond motifs is 14. The number of hydrogen-bond acceptors (Lipinski definition) is 14. The quantitative estimate of drug-likeness (QED) is 0.254. The van der Waals surface area contributed by atoms with Crippen LogP contribution in [0.5, 0.6) is 11.5 Å². The van der Waals surface area contributed by atoms with E-state index in [4.69, 9.17) is 23.7 Å². The molecule has 1 saturated carbocycles. The zero-order valence-corrected chi connectivity index (χ0v) is 37.0. The molecule has 1 amide bonds. The highest BCUT2D eigenvalue weighted by Gasteiger charge is 2.53. The van der Waals surface area contributed by atoms with Gasteiger partial charge >= 0.3 is 17.7 Å². The van der Waals surface area contributed by atoms with Gasteiger partial charge in [0, 0.05) is 69.9 Å². The lowest BCUT2D eigenvalue weighted by atomic mass is 9.78. The van der Waals surface area contributed by atoms with Crippen molar-refractivity contribution in [3.05, 3.63) is 69.8 Å². The van der Waals surface area contributed by atoms with Crippen molar-refractivity contribution in [3.8, 4) is 11.5 Å². The molecular formula is C46H60N2O13. The molecule has 0 radical (unpaired) electrons. The maximum Gasteiger partial charge on any atom is 0.314 e. The van der Waals surface area contributed by atoms with Gasteiger partial charge in [0.25, 0.3) is 11.7 Å². The molecule has 1 aromatic carbocycles. The highest BCUT2D eigenvalue weighted by molar-refractivity contribution is 6.32. The van der Waals surface area contributed by atoms with Crippen LogP contribution in [0.3, 0.4) is 0 Å². The number of nitrogens with one attached hydrogen (secondary N) is 1. The van der Waals surface area contributed by atoms with Gasteiger partial charge in [-0.2, -0.15) is 0 Å². The number of ether oxygens (including phenoxy) is 5. The van der Waals surface area contributed by atoms with Gasteiger partial charge in [0.05, 0.1) is 47.2 Å². The maximum absolute atomic E-state index is 14.8. The lowest BCUT2D eigenvalue weighted by molar-refractivity contribution is -0.160. The first kappa shape index (κ1) is 46.9. The van der Waals surface area contributed by atoms with Gasteiger partial charge in [-0.05, 0) is 32.8 Å². The molecule has 9 atom stereocenters. The summed E-state index contributed by atoms with van der Waals surface area (Å²) in [7, 11) is 4.45. The summed E-state index contributed by atoms with van der Waals surface area (Å²) in [4.78, 5) is 85.5. The summed E-state index contributed by atoms with van der Waals surface area (Å²) < 4.78 is 29.9. The van der Waals surface area contributed by atoms with Gasteiger partial charge < -0.3 is 44.1 Å². The average molecular weight is 849 g/mol. The normalized spacial score (nSPS) is 30.3. The van der Waals surface area contributed by atoms with Crippen molar-refractivity contribution in [2.75, 3.05) is 21.2 Å². The Bertz CT molecular complexity index is 2080. The number of methoxy groups -OCH3 is 1. The van der Waals surface area contributed by atoms with E-state index in [1.165, 1.54) is 72.2 Å². The van der Waals surface area contributed by atoms with Crippen LogP contribution in [0.15, 0.2) is 47.5 Å². The van der Waals surface area contributed by atoms with Crippen LogP contribution >= 0.6 is 0 Å². The molecule has 9 unspecified atom stereocenters. The van der Waals surface area contributed by atoms with Crippen LogP contribution in [-0.2, 0) is 28.6 Å². The van der Waals surface area contributed by atoms with Gasteiger partial charge in [0.2, 0.25) is 11.6 Å². The van der Waals surface area contributed by atoms with E-state index in [0.717, 1.165) is 19.3 Å². The van der Waals surface area contributed by atoms with Crippen molar-refractivity contribution < 1.29 is 62.7 Å². The van der Waals surface area contributed by atoms with Gasteiger partial charge in [-0.1, -0.05) is 65.2 Å². The molecule has 1 aromatic rings. The Morgan fingerprint density at radius 2 is 1.54 bits per heavy atom. The SMILES string of the molecule is COC1C=COC2(C)Oc3c(C)c(OC(=O)C4CCCCC4)c4c(c3C2=O)C(=O)C(N(C)C)=C(NC(=O)C(C)=CC=CC(C)C(O)C(C)C(O)C(C)C(OC(C)=O)C1C)C4=O. The first-order chi connectivity index (χ1) is 28.7. The maximum atomic E-state index is 14.8. The van der Waals surface area contributed by atoms with Crippen LogP contribution in [0.1, 0.15) is 117 Å². The molecule has 3 heterocycles. The van der Waals surface area contributed by atoms with Gasteiger partial charge in [0.1, 0.15) is 29.0 Å². The van der Waals surface area contributed by atoms with E-state index in [1.54, 1.807) is 39.8 Å². The lowest BCUT2D eigenvalue weighted by Gasteiger charge is -2.38. The summed E-state index contributed by atoms with van der Waals surface area (Å²) in [5.41, 5.74) is -1.34. The van der Waals surface area contributed by atoms with Crippen molar-refractivity contribution in [1.82, 2.24) is 10.2 Å². The fraction of sp³-hybridized carbons (Fsp3) is 0.565. The predicted molar refractivity (Wildman–Crippen MR) is 222 cm³/mol. The number of carbonyl (C=O) groups is 6. The average Bonchev–Trinajstić information content (AvgIpc) is 3.48. The number of aliphatic hydroxyl groups is 2. The van der Waals surface area contributed by atoms with Crippen molar-refractivity contribution >= 4 is 35.2 Å². The largest absolute Gasteiger partial charge is 0.462 e. The Balaban J connectivity index is 1.70. The molecule has 332 valence electrons. The van der Waals surface area contributed by atoms with Gasteiger partial charge in [-0.15, -0.1) is 0 Å². The van der Waals surface area contributed by atoms with Crippen LogP contribution in [0, 0.1) is 36.5 Å². The molecule has 0 aromatic heterocycles. The van der Waals surface area contributed by atoms with E-state index < -0.39 is 95.0 Å². The van der Waals surface area contributed by atoms with E-state index in [1.807, 2.05) is 0 Å². The van der Waals surface area contributed by atoms with Crippen LogP contribution in [0.25, 0.3) is 0 Å². The van der Waals surface area contributed by atoms with E-state index in [0.29, 0.717) is 12.8 Å². The summed E-state index contributed by atoms with van der Waals surface area (Å²) in [6.45, 7) is 12.5. The molecule has 3 aliphatic heterocycles. The van der Waals surface area contributed by atoms with Gasteiger partial charge in [0.15, 0.2) is 0 Å². The number of likely N-dealkylation sites (N-methyl/N-ethyl adjacent to an activating group) is 1. The second kappa shape index (κ2) is 18.9. The number of hydrogen-bond donors (Lipinski definition) is 3. The number of aliphatic hydroxyl groups excluding tert-OH is 2. The van der Waals surface area contributed by atoms with Crippen LogP contribution in [0.2, 0.25) is 0 Å². The van der Waals surface area contributed by atoms with Gasteiger partial charge in [-0.3, -0.25) is 28.8 Å². The highest BCUT2D eigenvalue weighted by Crippen LogP contribution is 2.49. The molecule has 1 fully saturated rings. The monoisotopic (exact) mass is 848 g/mol. The minimum absolute atomic E-state index is 0.0973. The first-order valence-electron chi connectivity index (χ1n) is 20.9. The molecule has 15 nitrogen and oxygen atoms in total. The summed E-state index contributed by atoms with van der Waals surface area (Å²) in [6.07, 6.45) is 7.18. The summed E-state index contributed by atoms with van der Waals surface area (Å²) in [6, 6.07) is 0. The number of carbonyl (C=O) groups excluding carboxylic acids is 6.